The summed E-state index contributed by atoms with van der Waals surface area (Å²) in [7, 11) is 0. The first-order chi connectivity index (χ1) is 7.96. The average molecular weight is 258 g/mol. The van der Waals surface area contributed by atoms with Crippen LogP contribution < -0.4 is 0 Å². The van der Waals surface area contributed by atoms with Gasteiger partial charge in [0.1, 0.15) is 11.2 Å². The van der Waals surface area contributed by atoms with Crippen LogP contribution in [0.5, 0.6) is 0 Å². The van der Waals surface area contributed by atoms with Crippen molar-refractivity contribution >= 4 is 5.78 Å². The highest BCUT2D eigenvalue weighted by Gasteiger charge is 2.77. The van der Waals surface area contributed by atoms with Gasteiger partial charge in [0.15, 0.2) is 5.78 Å². The molecular weight excluding hydrogens is 240 g/mol. The lowest BCUT2D eigenvalue weighted by molar-refractivity contribution is -0.330. The van der Waals surface area contributed by atoms with Gasteiger partial charge >= 0.3 is 0 Å². The van der Waals surface area contributed by atoms with Crippen molar-refractivity contribution in [1.29, 1.82) is 0 Å². The van der Waals surface area contributed by atoms with E-state index in [2.05, 4.69) is 0 Å². The normalized spacial score (nSPS) is 63.1. The van der Waals surface area contributed by atoms with Crippen LogP contribution in [0.15, 0.2) is 0 Å². The van der Waals surface area contributed by atoms with Gasteiger partial charge in [0.05, 0.1) is 0 Å². The molecule has 2 N–H and O–H groups in total. The molecule has 5 atom stereocenters. The summed E-state index contributed by atoms with van der Waals surface area (Å²) >= 11 is 0. The van der Waals surface area contributed by atoms with Crippen LogP contribution >= 0.6 is 0 Å². The third-order valence-corrected chi connectivity index (χ3v) is 4.53. The molecule has 0 unspecified atom stereocenters. The van der Waals surface area contributed by atoms with Gasteiger partial charge in [-0.1, -0.05) is 0 Å². The summed E-state index contributed by atoms with van der Waals surface area (Å²) in [6.07, 6.45) is -0.146. The number of rotatable bonds is 0. The molecule has 0 aromatic heterocycles. The monoisotopic (exact) mass is 258 g/mol. The van der Waals surface area contributed by atoms with E-state index in [-0.39, 0.29) is 18.6 Å². The van der Waals surface area contributed by atoms with E-state index in [1.54, 1.807) is 6.92 Å². The Balaban J connectivity index is 2.19. The molecule has 4 aliphatic heterocycles. The van der Waals surface area contributed by atoms with Crippen LogP contribution in [-0.2, 0) is 19.0 Å². The van der Waals surface area contributed by atoms with E-state index in [4.69, 9.17) is 14.2 Å². The Kier molecular flexibility index (Phi) is 1.95. The van der Waals surface area contributed by atoms with Crippen molar-refractivity contribution < 1.29 is 29.2 Å². The average Bonchev–Trinajstić information content (AvgIpc) is 2.42. The molecule has 4 fully saturated rings. The van der Waals surface area contributed by atoms with Crippen LogP contribution in [-0.4, -0.2) is 44.6 Å². The van der Waals surface area contributed by atoms with Gasteiger partial charge < -0.3 is 24.4 Å². The smallest absolute Gasteiger partial charge is 0.227 e. The van der Waals surface area contributed by atoms with Crippen LogP contribution in [0.2, 0.25) is 0 Å². The second kappa shape index (κ2) is 2.81. The summed E-state index contributed by atoms with van der Waals surface area (Å²) in [6.45, 7) is 6.09. The molecule has 0 spiro atoms. The molecule has 0 aromatic carbocycles. The Morgan fingerprint density at radius 2 is 1.61 bits per heavy atom. The van der Waals surface area contributed by atoms with E-state index in [0.717, 1.165) is 0 Å². The maximum Gasteiger partial charge on any atom is 0.227 e. The number of carbonyl (C=O) groups is 1. The summed E-state index contributed by atoms with van der Waals surface area (Å²) < 4.78 is 16.9. The molecule has 4 aliphatic rings. The minimum atomic E-state index is -1.73. The third kappa shape index (κ3) is 1.18. The van der Waals surface area contributed by atoms with E-state index in [9.17, 15) is 15.0 Å². The predicted molar refractivity (Wildman–Crippen MR) is 58.3 cm³/mol. The number of ether oxygens (including phenoxy) is 3. The van der Waals surface area contributed by atoms with Crippen molar-refractivity contribution in [3.05, 3.63) is 0 Å². The quantitative estimate of drug-likeness (QED) is 0.639. The van der Waals surface area contributed by atoms with Gasteiger partial charge in [0, 0.05) is 12.8 Å². The van der Waals surface area contributed by atoms with E-state index in [1.807, 2.05) is 0 Å². The molecule has 0 saturated carbocycles. The van der Waals surface area contributed by atoms with Gasteiger partial charge in [-0.2, -0.15) is 0 Å². The van der Waals surface area contributed by atoms with Crippen molar-refractivity contribution in [3.63, 3.8) is 0 Å². The Morgan fingerprint density at radius 1 is 1.00 bits per heavy atom. The highest BCUT2D eigenvalue weighted by atomic mass is 16.9. The van der Waals surface area contributed by atoms with Crippen molar-refractivity contribution in [2.75, 3.05) is 0 Å². The zero-order valence-electron chi connectivity index (χ0n) is 10.9. The van der Waals surface area contributed by atoms with Crippen molar-refractivity contribution in [3.8, 4) is 0 Å². The zero-order valence-corrected chi connectivity index (χ0v) is 10.9. The zero-order chi connectivity index (χ0) is 13.6. The summed E-state index contributed by atoms with van der Waals surface area (Å²) in [5.74, 6) is -4.91. The molecule has 18 heavy (non-hydrogen) atoms. The first-order valence-electron chi connectivity index (χ1n) is 6.04. The standard InChI is InChI=1S/C12H18O6/c1-8-6-12(15)11(4,16-8)17-10(3,18-12)9(2,14)5-7(8)13/h14-15H,5-6H2,1-4H3/t8-,9+,10+,11-,12-/m0/s1. The van der Waals surface area contributed by atoms with Crippen molar-refractivity contribution in [2.24, 2.45) is 0 Å². The maximum atomic E-state index is 12.2. The molecular formula is C12H18O6. The molecule has 4 bridgehead atoms. The van der Waals surface area contributed by atoms with Crippen LogP contribution in [0.1, 0.15) is 40.5 Å². The first kappa shape index (κ1) is 12.5. The highest BCUT2D eigenvalue weighted by Crippen LogP contribution is 2.59. The molecule has 0 aromatic rings. The molecule has 4 heterocycles. The fourth-order valence-electron chi connectivity index (χ4n) is 3.14. The lowest BCUT2D eigenvalue weighted by atomic mass is 9.82. The van der Waals surface area contributed by atoms with Crippen LogP contribution in [0, 0.1) is 0 Å². The van der Waals surface area contributed by atoms with Gasteiger partial charge in [0.25, 0.3) is 0 Å². The summed E-state index contributed by atoms with van der Waals surface area (Å²) in [5, 5.41) is 21.0. The number of ketones is 1. The fourth-order valence-corrected chi connectivity index (χ4v) is 3.14. The SMILES string of the molecule is C[C@@]12O[C@]3(C)O[C@@](C)(C[C@]3(O)O1)C(=O)C[C@@]2(C)O. The minimum Gasteiger partial charge on any atom is -0.384 e. The molecule has 0 radical (unpaired) electrons. The Morgan fingerprint density at radius 3 is 2.17 bits per heavy atom. The van der Waals surface area contributed by atoms with Crippen LogP contribution in [0.25, 0.3) is 0 Å². The summed E-state index contributed by atoms with van der Waals surface area (Å²) in [6, 6.07) is 0. The van der Waals surface area contributed by atoms with E-state index in [1.165, 1.54) is 20.8 Å². The van der Waals surface area contributed by atoms with Gasteiger partial charge in [0.2, 0.25) is 17.4 Å². The number of Topliss-reactive ketones (excluding diaryl/α,β-unsaturated/α-hetero) is 1. The number of carbonyl (C=O) groups excluding carboxylic acids is 1. The fraction of sp³-hybridized carbons (Fsp3) is 0.917. The molecule has 0 amide bonds. The topological polar surface area (TPSA) is 85.2 Å². The predicted octanol–water partition coefficient (Wildman–Crippen LogP) is 0.0570. The molecule has 6 heteroatoms. The summed E-state index contributed by atoms with van der Waals surface area (Å²) in [4.78, 5) is 12.2. The van der Waals surface area contributed by atoms with Crippen molar-refractivity contribution in [2.45, 2.75) is 69.1 Å². The Bertz CT molecular complexity index is 424. The second-order valence-electron chi connectivity index (χ2n) is 6.26. The van der Waals surface area contributed by atoms with Crippen LogP contribution in [0.3, 0.4) is 0 Å². The van der Waals surface area contributed by atoms with E-state index in [0.29, 0.717) is 0 Å². The molecule has 102 valence electrons. The molecule has 4 rings (SSSR count). The highest BCUT2D eigenvalue weighted by molar-refractivity contribution is 5.88. The summed E-state index contributed by atoms with van der Waals surface area (Å²) in [5.41, 5.74) is -2.73. The Labute approximate surface area is 105 Å². The van der Waals surface area contributed by atoms with Gasteiger partial charge in [-0.3, -0.25) is 4.79 Å². The lowest BCUT2D eigenvalue weighted by Crippen LogP contribution is -2.59. The molecule has 4 saturated heterocycles. The minimum absolute atomic E-state index is 0.000995. The van der Waals surface area contributed by atoms with Gasteiger partial charge in [-0.25, -0.2) is 0 Å². The van der Waals surface area contributed by atoms with E-state index < -0.39 is 28.6 Å². The second-order valence-corrected chi connectivity index (χ2v) is 6.26. The van der Waals surface area contributed by atoms with Gasteiger partial charge in [-0.05, 0) is 27.7 Å². The van der Waals surface area contributed by atoms with Crippen molar-refractivity contribution in [1.82, 2.24) is 0 Å². The molecule has 0 aliphatic carbocycles. The maximum absolute atomic E-state index is 12.2. The Hall–Kier alpha value is -0.530. The number of hydrogen-bond donors (Lipinski definition) is 2. The van der Waals surface area contributed by atoms with Gasteiger partial charge in [-0.15, -0.1) is 0 Å². The number of hydrogen-bond acceptors (Lipinski definition) is 6. The van der Waals surface area contributed by atoms with Crippen LogP contribution in [0.4, 0.5) is 0 Å². The van der Waals surface area contributed by atoms with E-state index >= 15 is 0 Å². The number of fused-ring (bicyclic) bond motifs is 2. The molecule has 6 nitrogen and oxygen atoms in total. The first-order valence-corrected chi connectivity index (χ1v) is 6.04. The third-order valence-electron chi connectivity index (χ3n) is 4.53. The largest absolute Gasteiger partial charge is 0.384 e. The lowest BCUT2D eigenvalue weighted by Gasteiger charge is -2.43. The number of aliphatic hydroxyl groups is 2.